The summed E-state index contributed by atoms with van der Waals surface area (Å²) in [6, 6.07) is 0. The van der Waals surface area contributed by atoms with Gasteiger partial charge < -0.3 is 14.6 Å². The van der Waals surface area contributed by atoms with Crippen LogP contribution < -0.4 is 0 Å². The molecule has 1 unspecified atom stereocenters. The van der Waals surface area contributed by atoms with E-state index >= 15 is 0 Å². The first-order chi connectivity index (χ1) is 6.00. The summed E-state index contributed by atoms with van der Waals surface area (Å²) in [7, 11) is 0. The highest BCUT2D eigenvalue weighted by Crippen LogP contribution is 2.30. The second kappa shape index (κ2) is 3.51. The fraction of sp³-hybridized carbons (Fsp3) is 0.600. The fourth-order valence-corrected chi connectivity index (χ4v) is 1.34. The van der Waals surface area contributed by atoms with Crippen LogP contribution in [0, 0.1) is 12.3 Å². The van der Waals surface area contributed by atoms with Crippen molar-refractivity contribution in [1.29, 1.82) is 0 Å². The van der Waals surface area contributed by atoms with Crippen molar-refractivity contribution in [2.24, 2.45) is 0 Å². The van der Waals surface area contributed by atoms with Gasteiger partial charge in [-0.2, -0.15) is 0 Å². The molecule has 3 atom stereocenters. The Morgan fingerprint density at radius 2 is 2.23 bits per heavy atom. The lowest BCUT2D eigenvalue weighted by Gasteiger charge is -2.17. The SMILES string of the molecule is C#CC(O)[C@@H]1OC(C)(C)O[C@@H]1C=C. The van der Waals surface area contributed by atoms with E-state index in [4.69, 9.17) is 15.9 Å². The highest BCUT2D eigenvalue weighted by molar-refractivity contribution is 5.06. The summed E-state index contributed by atoms with van der Waals surface area (Å²) in [5.41, 5.74) is 0. The minimum atomic E-state index is -0.954. The minimum Gasteiger partial charge on any atom is -0.378 e. The number of terminal acetylenes is 1. The molecule has 1 aliphatic rings. The molecule has 0 aromatic carbocycles. The van der Waals surface area contributed by atoms with E-state index in [2.05, 4.69) is 12.5 Å². The van der Waals surface area contributed by atoms with Crippen LogP contribution in [0.3, 0.4) is 0 Å². The zero-order chi connectivity index (χ0) is 10.1. The van der Waals surface area contributed by atoms with Gasteiger partial charge in [0.15, 0.2) is 5.79 Å². The van der Waals surface area contributed by atoms with Gasteiger partial charge in [-0.25, -0.2) is 0 Å². The maximum atomic E-state index is 9.40. The Balaban J connectivity index is 2.76. The van der Waals surface area contributed by atoms with E-state index in [0.29, 0.717) is 0 Å². The third-order valence-electron chi connectivity index (χ3n) is 1.88. The average molecular weight is 182 g/mol. The monoisotopic (exact) mass is 182 g/mol. The van der Waals surface area contributed by atoms with Crippen LogP contribution in [0.15, 0.2) is 12.7 Å². The number of ether oxygens (including phenoxy) is 2. The van der Waals surface area contributed by atoms with Gasteiger partial charge in [0.25, 0.3) is 0 Å². The van der Waals surface area contributed by atoms with Gasteiger partial charge in [-0.15, -0.1) is 13.0 Å². The van der Waals surface area contributed by atoms with Crippen molar-refractivity contribution >= 4 is 0 Å². The summed E-state index contributed by atoms with van der Waals surface area (Å²) in [6.07, 6.45) is 4.85. The Morgan fingerprint density at radius 1 is 1.62 bits per heavy atom. The maximum Gasteiger partial charge on any atom is 0.164 e. The van der Waals surface area contributed by atoms with Crippen molar-refractivity contribution in [2.45, 2.75) is 37.9 Å². The molecular weight excluding hydrogens is 168 g/mol. The molecule has 0 aromatic heterocycles. The lowest BCUT2D eigenvalue weighted by molar-refractivity contribution is -0.149. The van der Waals surface area contributed by atoms with Crippen LogP contribution in [0.1, 0.15) is 13.8 Å². The highest BCUT2D eigenvalue weighted by Gasteiger charge is 2.42. The number of rotatable bonds is 2. The molecule has 0 aliphatic carbocycles. The first kappa shape index (κ1) is 10.3. The Labute approximate surface area is 78.3 Å². The normalized spacial score (nSPS) is 33.7. The van der Waals surface area contributed by atoms with Gasteiger partial charge in [0, 0.05) is 0 Å². The molecule has 3 heteroatoms. The first-order valence-corrected chi connectivity index (χ1v) is 4.12. The highest BCUT2D eigenvalue weighted by atomic mass is 16.8. The molecule has 1 aliphatic heterocycles. The van der Waals surface area contributed by atoms with E-state index in [-0.39, 0.29) is 6.10 Å². The lowest BCUT2D eigenvalue weighted by Crippen LogP contribution is -2.33. The van der Waals surface area contributed by atoms with E-state index in [1.165, 1.54) is 0 Å². The van der Waals surface area contributed by atoms with Gasteiger partial charge in [0.2, 0.25) is 0 Å². The standard InChI is InChI=1S/C10H14O3/c1-5-7(11)9-8(6-2)12-10(3,4)13-9/h1,6-9,11H,2H2,3-4H3/t7?,8-,9+/m1/s1. The largest absolute Gasteiger partial charge is 0.378 e. The topological polar surface area (TPSA) is 38.7 Å². The average Bonchev–Trinajstić information content (AvgIpc) is 2.39. The Kier molecular flexibility index (Phi) is 2.77. The van der Waals surface area contributed by atoms with Gasteiger partial charge in [-0.05, 0) is 13.8 Å². The van der Waals surface area contributed by atoms with Crippen molar-refractivity contribution < 1.29 is 14.6 Å². The molecule has 1 fully saturated rings. The van der Waals surface area contributed by atoms with Crippen molar-refractivity contribution in [2.75, 3.05) is 0 Å². The third kappa shape index (κ3) is 2.10. The molecule has 0 aromatic rings. The van der Waals surface area contributed by atoms with E-state index in [1.54, 1.807) is 19.9 Å². The summed E-state index contributed by atoms with van der Waals surface area (Å²) in [4.78, 5) is 0. The van der Waals surface area contributed by atoms with E-state index in [1.807, 2.05) is 0 Å². The molecule has 0 amide bonds. The summed E-state index contributed by atoms with van der Waals surface area (Å²) in [6.45, 7) is 7.13. The predicted molar refractivity (Wildman–Crippen MR) is 48.9 cm³/mol. The second-order valence-electron chi connectivity index (χ2n) is 3.41. The number of hydrogen-bond acceptors (Lipinski definition) is 3. The number of aliphatic hydroxyl groups excluding tert-OH is 1. The first-order valence-electron chi connectivity index (χ1n) is 4.12. The second-order valence-corrected chi connectivity index (χ2v) is 3.41. The van der Waals surface area contributed by atoms with Crippen molar-refractivity contribution in [3.8, 4) is 12.3 Å². The molecule has 0 radical (unpaired) electrons. The van der Waals surface area contributed by atoms with Crippen LogP contribution in [-0.4, -0.2) is 29.2 Å². The fourth-order valence-electron chi connectivity index (χ4n) is 1.34. The van der Waals surface area contributed by atoms with Crippen molar-refractivity contribution in [3.63, 3.8) is 0 Å². The van der Waals surface area contributed by atoms with Gasteiger partial charge in [-0.3, -0.25) is 0 Å². The van der Waals surface area contributed by atoms with Crippen LogP contribution >= 0.6 is 0 Å². The van der Waals surface area contributed by atoms with Crippen LogP contribution in [-0.2, 0) is 9.47 Å². The van der Waals surface area contributed by atoms with Crippen LogP contribution in [0.2, 0.25) is 0 Å². The van der Waals surface area contributed by atoms with Gasteiger partial charge in [-0.1, -0.05) is 12.0 Å². The zero-order valence-electron chi connectivity index (χ0n) is 7.86. The molecule has 0 saturated carbocycles. The number of aliphatic hydroxyl groups is 1. The van der Waals surface area contributed by atoms with E-state index < -0.39 is 18.0 Å². The van der Waals surface area contributed by atoms with Crippen LogP contribution in [0.5, 0.6) is 0 Å². The molecule has 0 bridgehead atoms. The quantitative estimate of drug-likeness (QED) is 0.504. The Morgan fingerprint density at radius 3 is 2.69 bits per heavy atom. The summed E-state index contributed by atoms with van der Waals surface area (Å²) >= 11 is 0. The molecule has 0 spiro atoms. The Hall–Kier alpha value is -0.820. The number of hydrogen-bond donors (Lipinski definition) is 1. The molecule has 1 heterocycles. The van der Waals surface area contributed by atoms with Gasteiger partial charge in [0.05, 0.1) is 0 Å². The van der Waals surface area contributed by atoms with Gasteiger partial charge >= 0.3 is 0 Å². The maximum absolute atomic E-state index is 9.40. The lowest BCUT2D eigenvalue weighted by atomic mass is 10.1. The zero-order valence-corrected chi connectivity index (χ0v) is 7.86. The molecule has 1 N–H and O–H groups in total. The van der Waals surface area contributed by atoms with Crippen LogP contribution in [0.4, 0.5) is 0 Å². The summed E-state index contributed by atoms with van der Waals surface area (Å²) < 4.78 is 10.9. The summed E-state index contributed by atoms with van der Waals surface area (Å²) in [5.74, 6) is 1.50. The summed E-state index contributed by atoms with van der Waals surface area (Å²) in [5, 5.41) is 9.40. The molecule has 1 rings (SSSR count). The predicted octanol–water partition coefficient (Wildman–Crippen LogP) is 0.687. The minimum absolute atomic E-state index is 0.346. The van der Waals surface area contributed by atoms with E-state index in [0.717, 1.165) is 0 Å². The van der Waals surface area contributed by atoms with Crippen LogP contribution in [0.25, 0.3) is 0 Å². The molecule has 1 saturated heterocycles. The Bertz CT molecular complexity index is 239. The third-order valence-corrected chi connectivity index (χ3v) is 1.88. The van der Waals surface area contributed by atoms with Gasteiger partial charge in [0.1, 0.15) is 18.3 Å². The molecule has 72 valence electrons. The van der Waals surface area contributed by atoms with Crippen molar-refractivity contribution in [1.82, 2.24) is 0 Å². The smallest absolute Gasteiger partial charge is 0.164 e. The van der Waals surface area contributed by atoms with E-state index in [9.17, 15) is 5.11 Å². The van der Waals surface area contributed by atoms with Crippen molar-refractivity contribution in [3.05, 3.63) is 12.7 Å². The molecule has 3 nitrogen and oxygen atoms in total. The molecular formula is C10H14O3. The molecule has 13 heavy (non-hydrogen) atoms.